The number of carbonyl (C=O) groups is 1. The molecule has 0 saturated heterocycles. The van der Waals surface area contributed by atoms with Crippen LogP contribution in [-0.4, -0.2) is 16.1 Å². The van der Waals surface area contributed by atoms with Gasteiger partial charge in [-0.05, 0) is 56.3 Å². The minimum absolute atomic E-state index is 0.106. The Morgan fingerprint density at radius 2 is 1.75 bits per heavy atom. The molecule has 108 valence electrons. The summed E-state index contributed by atoms with van der Waals surface area (Å²) in [6, 6.07) is 1.50. The van der Waals surface area contributed by atoms with Crippen LogP contribution in [0.25, 0.3) is 0 Å². The van der Waals surface area contributed by atoms with Crippen molar-refractivity contribution in [2.75, 3.05) is 0 Å². The molecule has 4 aliphatic rings. The molecule has 1 heterocycles. The number of hydrogen-bond donors (Lipinski definition) is 3. The molecule has 4 aliphatic carbocycles. The zero-order valence-electron chi connectivity index (χ0n) is 11.6. The average molecular weight is 275 g/mol. The molecular formula is C15H21N3O2. The average Bonchev–Trinajstić information content (AvgIpc) is 2.80. The highest BCUT2D eigenvalue weighted by Crippen LogP contribution is 2.60. The van der Waals surface area contributed by atoms with E-state index in [-0.39, 0.29) is 16.9 Å². The second-order valence-electron chi connectivity index (χ2n) is 7.16. The SMILES string of the molecule is O=C(NCc1cc(=O)[nH][nH]1)C12CC3CC(CC(C3)C1)C2. The summed E-state index contributed by atoms with van der Waals surface area (Å²) in [6.45, 7) is 0.416. The highest BCUT2D eigenvalue weighted by Gasteiger charge is 2.54. The molecule has 20 heavy (non-hydrogen) atoms. The lowest BCUT2D eigenvalue weighted by Gasteiger charge is -2.55. The third-order valence-electron chi connectivity index (χ3n) is 5.61. The summed E-state index contributed by atoms with van der Waals surface area (Å²) in [5.74, 6) is 2.54. The van der Waals surface area contributed by atoms with Crippen molar-refractivity contribution < 1.29 is 4.79 Å². The summed E-state index contributed by atoms with van der Waals surface area (Å²) in [4.78, 5) is 23.7. The zero-order valence-corrected chi connectivity index (χ0v) is 11.6. The van der Waals surface area contributed by atoms with Crippen molar-refractivity contribution in [3.05, 3.63) is 22.1 Å². The van der Waals surface area contributed by atoms with Gasteiger partial charge in [-0.1, -0.05) is 0 Å². The Hall–Kier alpha value is -1.52. The molecule has 0 aliphatic heterocycles. The number of amides is 1. The molecular weight excluding hydrogens is 254 g/mol. The van der Waals surface area contributed by atoms with Crippen molar-refractivity contribution in [3.63, 3.8) is 0 Å². The fourth-order valence-corrected chi connectivity index (χ4v) is 5.22. The van der Waals surface area contributed by atoms with E-state index in [1.807, 2.05) is 0 Å². The molecule has 1 amide bonds. The monoisotopic (exact) mass is 275 g/mol. The minimum Gasteiger partial charge on any atom is -0.350 e. The van der Waals surface area contributed by atoms with Gasteiger partial charge in [-0.15, -0.1) is 0 Å². The third kappa shape index (κ3) is 1.91. The van der Waals surface area contributed by atoms with Crippen molar-refractivity contribution in [2.24, 2.45) is 23.2 Å². The van der Waals surface area contributed by atoms with Crippen molar-refractivity contribution in [2.45, 2.75) is 45.1 Å². The standard InChI is InChI=1S/C15H21N3O2/c19-13-4-12(17-18-13)8-16-14(20)15-5-9-1-10(6-15)3-11(2-9)7-15/h4,9-11H,1-3,5-8H2,(H,16,20)(H2,17,18,19). The lowest BCUT2D eigenvalue weighted by Crippen LogP contribution is -2.53. The first-order valence-electron chi connectivity index (χ1n) is 7.68. The Kier molecular flexibility index (Phi) is 2.59. The first-order valence-corrected chi connectivity index (χ1v) is 7.68. The fourth-order valence-electron chi connectivity index (χ4n) is 5.22. The number of aromatic nitrogens is 2. The molecule has 0 aromatic carbocycles. The van der Waals surface area contributed by atoms with Crippen molar-refractivity contribution >= 4 is 5.91 Å². The summed E-state index contributed by atoms with van der Waals surface area (Å²) in [5.41, 5.74) is 0.489. The number of hydrogen-bond acceptors (Lipinski definition) is 2. The second-order valence-corrected chi connectivity index (χ2v) is 7.16. The van der Waals surface area contributed by atoms with Crippen LogP contribution in [0.4, 0.5) is 0 Å². The molecule has 0 atom stereocenters. The van der Waals surface area contributed by atoms with Crippen LogP contribution in [-0.2, 0) is 11.3 Å². The second kappa shape index (κ2) is 4.24. The fraction of sp³-hybridized carbons (Fsp3) is 0.733. The smallest absolute Gasteiger partial charge is 0.264 e. The largest absolute Gasteiger partial charge is 0.350 e. The topological polar surface area (TPSA) is 77.8 Å². The van der Waals surface area contributed by atoms with Crippen LogP contribution < -0.4 is 10.9 Å². The van der Waals surface area contributed by atoms with Gasteiger partial charge in [0.2, 0.25) is 5.91 Å². The van der Waals surface area contributed by atoms with Crippen molar-refractivity contribution in [3.8, 4) is 0 Å². The summed E-state index contributed by atoms with van der Waals surface area (Å²) in [5, 5.41) is 8.32. The number of nitrogens with one attached hydrogen (secondary N) is 3. The Balaban J connectivity index is 1.46. The summed E-state index contributed by atoms with van der Waals surface area (Å²) in [7, 11) is 0. The van der Waals surface area contributed by atoms with E-state index >= 15 is 0 Å². The minimum atomic E-state index is -0.149. The zero-order chi connectivity index (χ0) is 13.7. The van der Waals surface area contributed by atoms with E-state index in [2.05, 4.69) is 15.5 Å². The Morgan fingerprint density at radius 3 is 2.25 bits per heavy atom. The molecule has 3 N–H and O–H groups in total. The van der Waals surface area contributed by atoms with Gasteiger partial charge < -0.3 is 10.4 Å². The van der Waals surface area contributed by atoms with Crippen LogP contribution in [0.5, 0.6) is 0 Å². The highest BCUT2D eigenvalue weighted by molar-refractivity contribution is 5.83. The van der Waals surface area contributed by atoms with Gasteiger partial charge in [0.15, 0.2) is 0 Å². The van der Waals surface area contributed by atoms with E-state index in [1.54, 1.807) is 0 Å². The van der Waals surface area contributed by atoms with Crippen molar-refractivity contribution in [1.82, 2.24) is 15.5 Å². The molecule has 0 spiro atoms. The predicted octanol–water partition coefficient (Wildman–Crippen LogP) is 1.54. The van der Waals surface area contributed by atoms with E-state index < -0.39 is 0 Å². The maximum Gasteiger partial charge on any atom is 0.264 e. The van der Waals surface area contributed by atoms with E-state index in [9.17, 15) is 9.59 Å². The number of rotatable bonds is 3. The molecule has 5 heteroatoms. The van der Waals surface area contributed by atoms with Gasteiger partial charge in [-0.3, -0.25) is 14.7 Å². The van der Waals surface area contributed by atoms with Gasteiger partial charge in [0.05, 0.1) is 12.2 Å². The van der Waals surface area contributed by atoms with Crippen LogP contribution in [0.3, 0.4) is 0 Å². The molecule has 1 aromatic rings. The van der Waals surface area contributed by atoms with Gasteiger partial charge in [0.25, 0.3) is 5.56 Å². The van der Waals surface area contributed by atoms with E-state index in [0.29, 0.717) is 6.54 Å². The molecule has 4 bridgehead atoms. The van der Waals surface area contributed by atoms with Gasteiger partial charge in [-0.2, -0.15) is 0 Å². The third-order valence-corrected chi connectivity index (χ3v) is 5.61. The van der Waals surface area contributed by atoms with Crippen LogP contribution in [0.2, 0.25) is 0 Å². The number of carbonyl (C=O) groups excluding carboxylic acids is 1. The van der Waals surface area contributed by atoms with Crippen molar-refractivity contribution in [1.29, 1.82) is 0 Å². The van der Waals surface area contributed by atoms with Gasteiger partial charge >= 0.3 is 0 Å². The summed E-state index contributed by atoms with van der Waals surface area (Å²) in [6.07, 6.45) is 7.27. The summed E-state index contributed by atoms with van der Waals surface area (Å²) < 4.78 is 0. The number of H-pyrrole nitrogens is 2. The lowest BCUT2D eigenvalue weighted by molar-refractivity contribution is -0.146. The van der Waals surface area contributed by atoms with Gasteiger partial charge in [-0.25, -0.2) is 0 Å². The van der Waals surface area contributed by atoms with E-state index in [0.717, 1.165) is 42.7 Å². The highest BCUT2D eigenvalue weighted by atomic mass is 16.2. The van der Waals surface area contributed by atoms with Crippen LogP contribution in [0, 0.1) is 23.2 Å². The molecule has 5 nitrogen and oxygen atoms in total. The Morgan fingerprint density at radius 1 is 1.15 bits per heavy atom. The molecule has 4 saturated carbocycles. The first kappa shape index (κ1) is 12.2. The molecule has 0 unspecified atom stereocenters. The molecule has 0 radical (unpaired) electrons. The lowest BCUT2D eigenvalue weighted by atomic mass is 9.49. The van der Waals surface area contributed by atoms with E-state index in [4.69, 9.17) is 0 Å². The van der Waals surface area contributed by atoms with Crippen LogP contribution in [0.1, 0.15) is 44.2 Å². The molecule has 1 aromatic heterocycles. The summed E-state index contributed by atoms with van der Waals surface area (Å²) >= 11 is 0. The van der Waals surface area contributed by atoms with Crippen LogP contribution in [0.15, 0.2) is 10.9 Å². The quantitative estimate of drug-likeness (QED) is 0.782. The molecule has 5 rings (SSSR count). The first-order chi connectivity index (χ1) is 9.63. The number of aromatic amines is 2. The Labute approximate surface area is 117 Å². The van der Waals surface area contributed by atoms with Gasteiger partial charge in [0.1, 0.15) is 0 Å². The predicted molar refractivity (Wildman–Crippen MR) is 73.9 cm³/mol. The van der Waals surface area contributed by atoms with Gasteiger partial charge in [0, 0.05) is 11.5 Å². The maximum absolute atomic E-state index is 12.7. The maximum atomic E-state index is 12.7. The van der Waals surface area contributed by atoms with E-state index in [1.165, 1.54) is 25.3 Å². The Bertz CT molecular complexity index is 551. The normalized spacial score (nSPS) is 38.1. The van der Waals surface area contributed by atoms with Crippen LogP contribution >= 0.6 is 0 Å². The molecule has 4 fully saturated rings.